The van der Waals surface area contributed by atoms with Gasteiger partial charge in [-0.1, -0.05) is 42.5 Å². The number of ether oxygens (including phenoxy) is 1. The van der Waals surface area contributed by atoms with E-state index in [0.29, 0.717) is 19.1 Å². The quantitative estimate of drug-likeness (QED) is 0.616. The van der Waals surface area contributed by atoms with Gasteiger partial charge in [0, 0.05) is 51.0 Å². The fourth-order valence-corrected chi connectivity index (χ4v) is 5.54. The lowest BCUT2D eigenvalue weighted by Crippen LogP contribution is -2.48. The molecule has 1 saturated heterocycles. The highest BCUT2D eigenvalue weighted by Crippen LogP contribution is 2.40. The molecular formula is C29H37N3O2. The number of benzene rings is 1. The molecule has 5 rings (SSSR count). The van der Waals surface area contributed by atoms with Gasteiger partial charge in [-0.15, -0.1) is 0 Å². The van der Waals surface area contributed by atoms with Crippen LogP contribution in [-0.4, -0.2) is 65.2 Å². The molecule has 4 aliphatic rings. The van der Waals surface area contributed by atoms with Crippen LogP contribution in [0.1, 0.15) is 46.1 Å². The van der Waals surface area contributed by atoms with E-state index < -0.39 is 5.60 Å². The van der Waals surface area contributed by atoms with Gasteiger partial charge in [0.2, 0.25) is 0 Å². The zero-order chi connectivity index (χ0) is 23.9. The molecule has 0 N–H and O–H groups in total. The van der Waals surface area contributed by atoms with Crippen molar-refractivity contribution in [3.05, 3.63) is 82.1 Å². The fraction of sp³-hybridized carbons (Fsp3) is 0.483. The summed E-state index contributed by atoms with van der Waals surface area (Å²) in [5.74, 6) is 0. The second-order valence-electron chi connectivity index (χ2n) is 11.0. The van der Waals surface area contributed by atoms with Crippen molar-refractivity contribution in [3.8, 4) is 0 Å². The highest BCUT2D eigenvalue weighted by molar-refractivity contribution is 5.69. The van der Waals surface area contributed by atoms with Crippen molar-refractivity contribution in [2.24, 2.45) is 0 Å². The van der Waals surface area contributed by atoms with Crippen molar-refractivity contribution in [1.82, 2.24) is 14.7 Å². The Morgan fingerprint density at radius 1 is 1.09 bits per heavy atom. The van der Waals surface area contributed by atoms with Gasteiger partial charge < -0.3 is 14.5 Å². The molecule has 180 valence electrons. The molecule has 0 saturated carbocycles. The Morgan fingerprint density at radius 3 is 2.59 bits per heavy atom. The molecule has 0 aromatic heterocycles. The Bertz CT molecular complexity index is 1070. The number of piperazine rings is 1. The third-order valence-electron chi connectivity index (χ3n) is 7.19. The summed E-state index contributed by atoms with van der Waals surface area (Å²) >= 11 is 0. The standard InChI is InChI=1S/C29H37N3O2/c1-21-17-30(18-22-8-6-5-7-9-22)20-27-26-11-10-24(16-25(26)19-32(21)27)23-12-14-31(15-13-23)28(33)34-29(2,3)4/h5-10,12,16,21H,11,13-15,17-20H2,1-4H3/t21-/m1/s1. The average Bonchev–Trinajstić information content (AvgIpc) is 3.17. The van der Waals surface area contributed by atoms with E-state index in [1.54, 1.807) is 4.90 Å². The van der Waals surface area contributed by atoms with Crippen molar-refractivity contribution in [3.63, 3.8) is 0 Å². The molecule has 0 unspecified atom stereocenters. The minimum atomic E-state index is -0.455. The molecule has 1 atom stereocenters. The lowest BCUT2D eigenvalue weighted by Gasteiger charge is -2.41. The monoisotopic (exact) mass is 459 g/mol. The molecule has 5 heteroatoms. The maximum atomic E-state index is 12.4. The number of fused-ring (bicyclic) bond motifs is 2. The van der Waals surface area contributed by atoms with E-state index in [0.717, 1.165) is 39.0 Å². The minimum absolute atomic E-state index is 0.215. The molecule has 0 radical (unpaired) electrons. The van der Waals surface area contributed by atoms with Gasteiger partial charge in [0.25, 0.3) is 0 Å². The average molecular weight is 460 g/mol. The minimum Gasteiger partial charge on any atom is -0.444 e. The van der Waals surface area contributed by atoms with E-state index in [1.807, 2.05) is 20.8 Å². The number of nitrogens with zero attached hydrogens (tertiary/aromatic N) is 3. The summed E-state index contributed by atoms with van der Waals surface area (Å²) in [6.07, 6.45) is 8.68. The van der Waals surface area contributed by atoms with Crippen molar-refractivity contribution < 1.29 is 9.53 Å². The Balaban J connectivity index is 1.27. The van der Waals surface area contributed by atoms with Crippen LogP contribution in [-0.2, 0) is 11.3 Å². The van der Waals surface area contributed by atoms with Crippen LogP contribution < -0.4 is 0 Å². The van der Waals surface area contributed by atoms with Crippen LogP contribution in [0.4, 0.5) is 4.79 Å². The first-order valence-corrected chi connectivity index (χ1v) is 12.6. The SMILES string of the molecule is C[C@@H]1CN(Cc2ccccc2)CC2=C3CC=C(C4=CCN(C(=O)OC(C)(C)C)CC4)C=C3CN21. The fourth-order valence-electron chi connectivity index (χ4n) is 5.54. The normalized spacial score (nSPS) is 23.2. The highest BCUT2D eigenvalue weighted by Gasteiger charge is 2.36. The van der Waals surface area contributed by atoms with Crippen LogP contribution in [0.3, 0.4) is 0 Å². The maximum Gasteiger partial charge on any atom is 0.410 e. The van der Waals surface area contributed by atoms with Gasteiger partial charge in [-0.25, -0.2) is 4.79 Å². The molecule has 1 amide bonds. The Kier molecular flexibility index (Phi) is 6.15. The van der Waals surface area contributed by atoms with E-state index in [9.17, 15) is 4.79 Å². The van der Waals surface area contributed by atoms with Crippen molar-refractivity contribution in [2.75, 3.05) is 32.7 Å². The Hall–Kier alpha value is -2.79. The zero-order valence-corrected chi connectivity index (χ0v) is 21.0. The van der Waals surface area contributed by atoms with Crippen LogP contribution in [0.5, 0.6) is 0 Å². The van der Waals surface area contributed by atoms with Crippen LogP contribution in [0, 0.1) is 0 Å². The molecule has 1 aromatic carbocycles. The summed E-state index contributed by atoms with van der Waals surface area (Å²) < 4.78 is 5.54. The van der Waals surface area contributed by atoms with Gasteiger partial charge in [0.05, 0.1) is 0 Å². The zero-order valence-electron chi connectivity index (χ0n) is 21.0. The lowest BCUT2D eigenvalue weighted by molar-refractivity contribution is 0.0266. The smallest absolute Gasteiger partial charge is 0.410 e. The Labute approximate surface area is 204 Å². The van der Waals surface area contributed by atoms with Gasteiger partial charge in [0.15, 0.2) is 0 Å². The molecule has 0 spiro atoms. The molecule has 0 bridgehead atoms. The van der Waals surface area contributed by atoms with E-state index >= 15 is 0 Å². The second-order valence-corrected chi connectivity index (χ2v) is 11.0. The van der Waals surface area contributed by atoms with E-state index in [1.165, 1.54) is 33.6 Å². The van der Waals surface area contributed by atoms with E-state index in [4.69, 9.17) is 4.74 Å². The molecule has 1 aliphatic carbocycles. The first-order chi connectivity index (χ1) is 16.3. The third kappa shape index (κ3) is 4.85. The van der Waals surface area contributed by atoms with Gasteiger partial charge in [-0.3, -0.25) is 4.90 Å². The predicted octanol–water partition coefficient (Wildman–Crippen LogP) is 5.28. The third-order valence-corrected chi connectivity index (χ3v) is 7.19. The summed E-state index contributed by atoms with van der Waals surface area (Å²) in [4.78, 5) is 19.4. The van der Waals surface area contributed by atoms with Crippen molar-refractivity contribution in [1.29, 1.82) is 0 Å². The number of carbonyl (C=O) groups excluding carboxylic acids is 1. The van der Waals surface area contributed by atoms with Crippen LogP contribution in [0.2, 0.25) is 0 Å². The van der Waals surface area contributed by atoms with E-state index in [2.05, 4.69) is 65.3 Å². The number of amides is 1. The molecular weight excluding hydrogens is 422 g/mol. The summed E-state index contributed by atoms with van der Waals surface area (Å²) in [5.41, 5.74) is 8.17. The van der Waals surface area contributed by atoms with Crippen LogP contribution >= 0.6 is 0 Å². The molecule has 1 aromatic rings. The summed E-state index contributed by atoms with van der Waals surface area (Å²) in [6, 6.07) is 11.3. The first kappa shape index (κ1) is 23.0. The van der Waals surface area contributed by atoms with Gasteiger partial charge >= 0.3 is 6.09 Å². The Morgan fingerprint density at radius 2 is 1.88 bits per heavy atom. The number of allylic oxidation sites excluding steroid dienone is 3. The molecule has 5 nitrogen and oxygen atoms in total. The largest absolute Gasteiger partial charge is 0.444 e. The predicted molar refractivity (Wildman–Crippen MR) is 136 cm³/mol. The number of carbonyl (C=O) groups is 1. The highest BCUT2D eigenvalue weighted by atomic mass is 16.6. The number of hydrogen-bond donors (Lipinski definition) is 0. The topological polar surface area (TPSA) is 36.0 Å². The molecule has 3 aliphatic heterocycles. The van der Waals surface area contributed by atoms with Crippen LogP contribution in [0.25, 0.3) is 0 Å². The van der Waals surface area contributed by atoms with Crippen molar-refractivity contribution >= 4 is 6.09 Å². The van der Waals surface area contributed by atoms with Crippen molar-refractivity contribution in [2.45, 2.75) is 58.7 Å². The number of hydrogen-bond acceptors (Lipinski definition) is 4. The summed E-state index contributed by atoms with van der Waals surface area (Å²) in [7, 11) is 0. The maximum absolute atomic E-state index is 12.4. The summed E-state index contributed by atoms with van der Waals surface area (Å²) in [6.45, 7) is 13.6. The lowest BCUT2D eigenvalue weighted by atomic mass is 9.89. The second kappa shape index (κ2) is 9.10. The van der Waals surface area contributed by atoms with E-state index in [-0.39, 0.29) is 6.09 Å². The molecule has 34 heavy (non-hydrogen) atoms. The van der Waals surface area contributed by atoms with Gasteiger partial charge in [0.1, 0.15) is 5.60 Å². The molecule has 1 fully saturated rings. The summed E-state index contributed by atoms with van der Waals surface area (Å²) in [5, 5.41) is 0. The molecule has 3 heterocycles. The van der Waals surface area contributed by atoms with Gasteiger partial charge in [-0.05, 0) is 74.5 Å². The first-order valence-electron chi connectivity index (χ1n) is 12.6. The van der Waals surface area contributed by atoms with Gasteiger partial charge in [-0.2, -0.15) is 0 Å². The number of rotatable bonds is 3. The van der Waals surface area contributed by atoms with Crippen LogP contribution in [0.15, 0.2) is 76.5 Å².